The highest BCUT2D eigenvalue weighted by atomic mass is 32.1. The van der Waals surface area contributed by atoms with Gasteiger partial charge in [0.1, 0.15) is 11.2 Å². The molecule has 1 fully saturated rings. The van der Waals surface area contributed by atoms with Crippen molar-refractivity contribution >= 4 is 27.5 Å². The first-order chi connectivity index (χ1) is 9.78. The number of aromatic nitrogens is 2. The Labute approximate surface area is 121 Å². The highest BCUT2D eigenvalue weighted by molar-refractivity contribution is 7.18. The summed E-state index contributed by atoms with van der Waals surface area (Å²) >= 11 is 1.64. The van der Waals surface area contributed by atoms with Crippen LogP contribution in [0.5, 0.6) is 5.88 Å². The Morgan fingerprint density at radius 1 is 1.40 bits per heavy atom. The van der Waals surface area contributed by atoms with E-state index in [1.807, 2.05) is 4.90 Å². The molecule has 3 heterocycles. The number of nitrogens with zero attached hydrogens (tertiary/aromatic N) is 3. The van der Waals surface area contributed by atoms with Crippen LogP contribution in [0.3, 0.4) is 0 Å². The molecule has 6 heteroatoms. The van der Waals surface area contributed by atoms with Gasteiger partial charge in [0, 0.05) is 18.0 Å². The summed E-state index contributed by atoms with van der Waals surface area (Å²) in [7, 11) is 0. The zero-order valence-electron chi connectivity index (χ0n) is 11.5. The van der Waals surface area contributed by atoms with Crippen LogP contribution in [0.2, 0.25) is 0 Å². The Morgan fingerprint density at radius 2 is 2.20 bits per heavy atom. The van der Waals surface area contributed by atoms with Crippen LogP contribution >= 0.6 is 11.3 Å². The summed E-state index contributed by atoms with van der Waals surface area (Å²) < 4.78 is 5.62. The highest BCUT2D eigenvalue weighted by Crippen LogP contribution is 2.29. The molecule has 2 aromatic heterocycles. The minimum atomic E-state index is 0.0419. The van der Waals surface area contributed by atoms with Crippen LogP contribution in [-0.4, -0.2) is 40.5 Å². The minimum Gasteiger partial charge on any atom is -0.467 e. The monoisotopic (exact) mass is 291 g/mol. The molecular formula is C14H17N3O2S. The maximum absolute atomic E-state index is 12.0. The SMILES string of the molecule is CCc1cc2c(OCC(=O)N3CCCC3)ncnc2s1. The molecule has 0 radical (unpaired) electrons. The molecule has 0 aromatic carbocycles. The van der Waals surface area contributed by atoms with Gasteiger partial charge in [-0.1, -0.05) is 6.92 Å². The summed E-state index contributed by atoms with van der Waals surface area (Å²) in [4.78, 5) is 24.4. The summed E-state index contributed by atoms with van der Waals surface area (Å²) in [6.45, 7) is 3.86. The molecule has 0 saturated carbocycles. The van der Waals surface area contributed by atoms with E-state index in [0.29, 0.717) is 5.88 Å². The van der Waals surface area contributed by atoms with Crippen LogP contribution in [0.25, 0.3) is 10.2 Å². The topological polar surface area (TPSA) is 55.3 Å². The maximum atomic E-state index is 12.0. The largest absolute Gasteiger partial charge is 0.467 e. The lowest BCUT2D eigenvalue weighted by atomic mass is 10.3. The number of aryl methyl sites for hydroxylation is 1. The van der Waals surface area contributed by atoms with Gasteiger partial charge in [-0.25, -0.2) is 9.97 Å². The van der Waals surface area contributed by atoms with Crippen LogP contribution in [0.1, 0.15) is 24.6 Å². The number of fused-ring (bicyclic) bond motifs is 1. The minimum absolute atomic E-state index is 0.0419. The van der Waals surface area contributed by atoms with Crippen molar-refractivity contribution in [3.05, 3.63) is 17.3 Å². The molecule has 0 unspecified atom stereocenters. The van der Waals surface area contributed by atoms with Gasteiger partial charge < -0.3 is 9.64 Å². The summed E-state index contributed by atoms with van der Waals surface area (Å²) in [6, 6.07) is 2.05. The summed E-state index contributed by atoms with van der Waals surface area (Å²) in [5.41, 5.74) is 0. The van der Waals surface area contributed by atoms with Gasteiger partial charge in [0.2, 0.25) is 5.88 Å². The van der Waals surface area contributed by atoms with Crippen LogP contribution < -0.4 is 4.74 Å². The van der Waals surface area contributed by atoms with Gasteiger partial charge in [0.05, 0.1) is 5.39 Å². The first-order valence-electron chi connectivity index (χ1n) is 6.92. The van der Waals surface area contributed by atoms with Crippen molar-refractivity contribution in [2.75, 3.05) is 19.7 Å². The fourth-order valence-electron chi connectivity index (χ4n) is 2.36. The van der Waals surface area contributed by atoms with Crippen molar-refractivity contribution in [2.45, 2.75) is 26.2 Å². The van der Waals surface area contributed by atoms with E-state index in [1.54, 1.807) is 11.3 Å². The number of likely N-dealkylation sites (tertiary alicyclic amines) is 1. The Hall–Kier alpha value is -1.69. The van der Waals surface area contributed by atoms with Gasteiger partial charge in [-0.15, -0.1) is 11.3 Å². The number of hydrogen-bond acceptors (Lipinski definition) is 5. The van der Waals surface area contributed by atoms with Crippen molar-refractivity contribution in [1.82, 2.24) is 14.9 Å². The predicted octanol–water partition coefficient (Wildman–Crippen LogP) is 2.25. The van der Waals surface area contributed by atoms with E-state index < -0.39 is 0 Å². The first kappa shape index (κ1) is 13.3. The number of amides is 1. The van der Waals surface area contributed by atoms with Gasteiger partial charge in [0.15, 0.2) is 6.61 Å². The van der Waals surface area contributed by atoms with E-state index in [1.165, 1.54) is 11.2 Å². The summed E-state index contributed by atoms with van der Waals surface area (Å²) in [5.74, 6) is 0.554. The van der Waals surface area contributed by atoms with Crippen LogP contribution in [0.15, 0.2) is 12.4 Å². The Balaban J connectivity index is 1.73. The third-order valence-electron chi connectivity index (χ3n) is 3.48. The zero-order chi connectivity index (χ0) is 13.9. The second-order valence-corrected chi connectivity index (χ2v) is 5.96. The van der Waals surface area contributed by atoms with E-state index in [9.17, 15) is 4.79 Å². The average Bonchev–Trinajstić information content (AvgIpc) is 3.13. The number of carbonyl (C=O) groups excluding carboxylic acids is 1. The molecule has 5 nitrogen and oxygen atoms in total. The van der Waals surface area contributed by atoms with Crippen molar-refractivity contribution in [2.24, 2.45) is 0 Å². The first-order valence-corrected chi connectivity index (χ1v) is 7.73. The molecule has 20 heavy (non-hydrogen) atoms. The molecule has 1 aliphatic heterocycles. The van der Waals surface area contributed by atoms with Gasteiger partial charge >= 0.3 is 0 Å². The quantitative estimate of drug-likeness (QED) is 0.867. The molecule has 1 amide bonds. The summed E-state index contributed by atoms with van der Waals surface area (Å²) in [6.07, 6.45) is 4.64. The highest BCUT2D eigenvalue weighted by Gasteiger charge is 2.19. The lowest BCUT2D eigenvalue weighted by Gasteiger charge is -2.15. The molecule has 0 atom stereocenters. The van der Waals surface area contributed by atoms with Gasteiger partial charge in [-0.3, -0.25) is 4.79 Å². The zero-order valence-corrected chi connectivity index (χ0v) is 12.3. The standard InChI is InChI=1S/C14H17N3O2S/c1-2-10-7-11-13(15-9-16-14(11)20-10)19-8-12(18)17-5-3-4-6-17/h7,9H,2-6,8H2,1H3. The van der Waals surface area contributed by atoms with Crippen molar-refractivity contribution in [3.63, 3.8) is 0 Å². The lowest BCUT2D eigenvalue weighted by Crippen LogP contribution is -2.32. The number of thiophene rings is 1. The lowest BCUT2D eigenvalue weighted by molar-refractivity contribution is -0.132. The molecule has 0 N–H and O–H groups in total. The normalized spacial score (nSPS) is 14.9. The molecule has 106 valence electrons. The van der Waals surface area contributed by atoms with Gasteiger partial charge in [0.25, 0.3) is 5.91 Å². The second-order valence-electron chi connectivity index (χ2n) is 4.84. The molecule has 3 rings (SSSR count). The van der Waals surface area contributed by atoms with Gasteiger partial charge in [-0.05, 0) is 25.3 Å². The maximum Gasteiger partial charge on any atom is 0.260 e. The van der Waals surface area contributed by atoms with Crippen molar-refractivity contribution in [3.8, 4) is 5.88 Å². The summed E-state index contributed by atoms with van der Waals surface area (Å²) in [5, 5.41) is 0.906. The van der Waals surface area contributed by atoms with Gasteiger partial charge in [-0.2, -0.15) is 0 Å². The number of carbonyl (C=O) groups is 1. The number of ether oxygens (including phenoxy) is 1. The molecule has 0 spiro atoms. The van der Waals surface area contributed by atoms with Crippen LogP contribution in [0, 0.1) is 0 Å². The Bertz CT molecular complexity index is 620. The smallest absolute Gasteiger partial charge is 0.260 e. The molecule has 0 bridgehead atoms. The predicted molar refractivity (Wildman–Crippen MR) is 78.1 cm³/mol. The molecule has 1 saturated heterocycles. The number of rotatable bonds is 4. The van der Waals surface area contributed by atoms with Crippen LogP contribution in [0.4, 0.5) is 0 Å². The third kappa shape index (κ3) is 2.60. The molecule has 1 aliphatic rings. The van der Waals surface area contributed by atoms with E-state index in [2.05, 4.69) is 23.0 Å². The van der Waals surface area contributed by atoms with Crippen molar-refractivity contribution < 1.29 is 9.53 Å². The van der Waals surface area contributed by atoms with E-state index in [0.717, 1.165) is 42.6 Å². The van der Waals surface area contributed by atoms with E-state index in [4.69, 9.17) is 4.74 Å². The van der Waals surface area contributed by atoms with Crippen LogP contribution in [-0.2, 0) is 11.2 Å². The molecular weight excluding hydrogens is 274 g/mol. The van der Waals surface area contributed by atoms with Crippen molar-refractivity contribution in [1.29, 1.82) is 0 Å². The third-order valence-corrected chi connectivity index (χ3v) is 4.67. The second kappa shape index (κ2) is 5.75. The Kier molecular flexibility index (Phi) is 3.82. The number of hydrogen-bond donors (Lipinski definition) is 0. The van der Waals surface area contributed by atoms with E-state index >= 15 is 0 Å². The Morgan fingerprint density at radius 3 is 2.95 bits per heavy atom. The average molecular weight is 291 g/mol. The van der Waals surface area contributed by atoms with E-state index in [-0.39, 0.29) is 12.5 Å². The molecule has 0 aliphatic carbocycles. The molecule has 2 aromatic rings. The fraction of sp³-hybridized carbons (Fsp3) is 0.500. The fourth-order valence-corrected chi connectivity index (χ4v) is 3.29.